The zero-order valence-electron chi connectivity index (χ0n) is 12.1. The van der Waals surface area contributed by atoms with E-state index in [0.29, 0.717) is 12.1 Å². The minimum Gasteiger partial charge on any atom is -0.507 e. The predicted octanol–water partition coefficient (Wildman–Crippen LogP) is 2.17. The van der Waals surface area contributed by atoms with E-state index in [9.17, 15) is 35.9 Å². The normalized spacial score (nSPS) is 12.0. The number of rotatable bonds is 4. The van der Waals surface area contributed by atoms with E-state index in [0.717, 1.165) is 0 Å². The number of hydrazine groups is 1. The van der Waals surface area contributed by atoms with E-state index < -0.39 is 44.1 Å². The Bertz CT molecular complexity index is 913. The Morgan fingerprint density at radius 2 is 1.72 bits per heavy atom. The first-order valence-electron chi connectivity index (χ1n) is 6.49. The Morgan fingerprint density at radius 1 is 1.08 bits per heavy atom. The van der Waals surface area contributed by atoms with Crippen LogP contribution in [0, 0.1) is 5.82 Å². The zero-order chi connectivity index (χ0) is 18.8. The molecule has 0 spiro atoms. The van der Waals surface area contributed by atoms with Crippen LogP contribution in [0.5, 0.6) is 5.75 Å². The minimum atomic E-state index is -5.09. The molecule has 25 heavy (non-hydrogen) atoms. The summed E-state index contributed by atoms with van der Waals surface area (Å²) in [6, 6.07) is 6.26. The molecule has 2 rings (SSSR count). The molecule has 0 unspecified atom stereocenters. The van der Waals surface area contributed by atoms with Crippen LogP contribution < -0.4 is 10.3 Å². The van der Waals surface area contributed by atoms with Crippen LogP contribution in [0.25, 0.3) is 0 Å². The lowest BCUT2D eigenvalue weighted by atomic mass is 10.2. The molecule has 2 aromatic rings. The van der Waals surface area contributed by atoms with Gasteiger partial charge in [-0.15, -0.1) is 4.83 Å². The number of alkyl halides is 3. The predicted molar refractivity (Wildman–Crippen MR) is 77.3 cm³/mol. The number of carbonyl (C=O) groups excluding carboxylic acids is 1. The van der Waals surface area contributed by atoms with Crippen molar-refractivity contribution in [3.8, 4) is 5.75 Å². The molecule has 3 N–H and O–H groups in total. The second kappa shape index (κ2) is 6.69. The maximum atomic E-state index is 13.2. The SMILES string of the molecule is O=C(NNS(=O)(=O)c1ccc(F)c(C(F)(F)F)c1)c1ccccc1O. The fourth-order valence-electron chi connectivity index (χ4n) is 1.79. The number of aromatic hydroxyl groups is 1. The number of halogens is 4. The van der Waals surface area contributed by atoms with E-state index in [4.69, 9.17) is 0 Å². The molecule has 0 radical (unpaired) electrons. The lowest BCUT2D eigenvalue weighted by molar-refractivity contribution is -0.140. The average Bonchev–Trinajstić information content (AvgIpc) is 2.52. The number of nitrogens with one attached hydrogen (secondary N) is 2. The Kier molecular flexibility index (Phi) is 4.99. The van der Waals surface area contributed by atoms with Crippen molar-refractivity contribution in [3.05, 3.63) is 59.4 Å². The van der Waals surface area contributed by atoms with E-state index in [1.54, 1.807) is 10.3 Å². The van der Waals surface area contributed by atoms with Crippen LogP contribution in [0.1, 0.15) is 15.9 Å². The van der Waals surface area contributed by atoms with Gasteiger partial charge in [0.25, 0.3) is 15.9 Å². The number of carbonyl (C=O) groups is 1. The molecule has 0 aliphatic heterocycles. The summed E-state index contributed by atoms with van der Waals surface area (Å²) in [5, 5.41) is 9.48. The van der Waals surface area contributed by atoms with Gasteiger partial charge in [-0.05, 0) is 30.3 Å². The molecule has 0 aliphatic carbocycles. The monoisotopic (exact) mass is 378 g/mol. The van der Waals surface area contributed by atoms with Gasteiger partial charge < -0.3 is 5.11 Å². The number of hydrogen-bond acceptors (Lipinski definition) is 4. The van der Waals surface area contributed by atoms with Crippen molar-refractivity contribution in [2.75, 3.05) is 0 Å². The summed E-state index contributed by atoms with van der Waals surface area (Å²) < 4.78 is 75.1. The third-order valence-electron chi connectivity index (χ3n) is 3.00. The largest absolute Gasteiger partial charge is 0.507 e. The van der Waals surface area contributed by atoms with Gasteiger partial charge in [0.2, 0.25) is 0 Å². The molecular weight excluding hydrogens is 368 g/mol. The van der Waals surface area contributed by atoms with Gasteiger partial charge in [-0.3, -0.25) is 10.2 Å². The van der Waals surface area contributed by atoms with Crippen LogP contribution in [0.15, 0.2) is 47.4 Å². The van der Waals surface area contributed by atoms with Crippen LogP contribution in [0.2, 0.25) is 0 Å². The van der Waals surface area contributed by atoms with Gasteiger partial charge in [0.1, 0.15) is 11.6 Å². The zero-order valence-corrected chi connectivity index (χ0v) is 13.0. The maximum absolute atomic E-state index is 13.2. The topological polar surface area (TPSA) is 95.5 Å². The number of para-hydroxylation sites is 1. The van der Waals surface area contributed by atoms with Crippen molar-refractivity contribution in [1.82, 2.24) is 10.3 Å². The van der Waals surface area contributed by atoms with Gasteiger partial charge in [0, 0.05) is 0 Å². The second-order valence-corrected chi connectivity index (χ2v) is 6.40. The number of phenols is 1. The van der Waals surface area contributed by atoms with E-state index in [2.05, 4.69) is 0 Å². The van der Waals surface area contributed by atoms with Crippen molar-refractivity contribution in [1.29, 1.82) is 0 Å². The summed E-state index contributed by atoms with van der Waals surface area (Å²) in [6.07, 6.45) is -5.09. The maximum Gasteiger partial charge on any atom is 0.419 e. The Balaban J connectivity index is 2.23. The van der Waals surface area contributed by atoms with Gasteiger partial charge in [-0.25, -0.2) is 12.8 Å². The second-order valence-electron chi connectivity index (χ2n) is 4.72. The standard InChI is InChI=1S/C14H10F4N2O4S/c15-11-6-5-8(7-10(11)14(16,17)18)25(23,24)20-19-13(22)9-3-1-2-4-12(9)21/h1-7,20-21H,(H,19,22). The molecule has 0 saturated heterocycles. The Morgan fingerprint density at radius 3 is 2.32 bits per heavy atom. The Labute approximate surface area is 139 Å². The van der Waals surface area contributed by atoms with Gasteiger partial charge in [-0.2, -0.15) is 13.2 Å². The first kappa shape index (κ1) is 18.7. The van der Waals surface area contributed by atoms with E-state index in [-0.39, 0.29) is 11.6 Å². The number of amides is 1. The number of hydrogen-bond donors (Lipinski definition) is 3. The quantitative estimate of drug-likeness (QED) is 0.561. The highest BCUT2D eigenvalue weighted by molar-refractivity contribution is 7.89. The van der Waals surface area contributed by atoms with Crippen LogP contribution in [-0.4, -0.2) is 19.4 Å². The van der Waals surface area contributed by atoms with Gasteiger partial charge in [0.05, 0.1) is 16.0 Å². The molecule has 0 fully saturated rings. The summed E-state index contributed by atoms with van der Waals surface area (Å²) in [7, 11) is -4.61. The summed E-state index contributed by atoms with van der Waals surface area (Å²) in [5.74, 6) is -3.11. The van der Waals surface area contributed by atoms with Gasteiger partial charge in [-0.1, -0.05) is 12.1 Å². The van der Waals surface area contributed by atoms with Crippen molar-refractivity contribution >= 4 is 15.9 Å². The third kappa shape index (κ3) is 4.25. The molecule has 0 bridgehead atoms. The van der Waals surface area contributed by atoms with Crippen molar-refractivity contribution in [2.24, 2.45) is 0 Å². The number of benzene rings is 2. The summed E-state index contributed by atoms with van der Waals surface area (Å²) >= 11 is 0. The summed E-state index contributed by atoms with van der Waals surface area (Å²) in [5.41, 5.74) is -0.286. The lowest BCUT2D eigenvalue weighted by Gasteiger charge is -2.12. The average molecular weight is 378 g/mol. The molecular formula is C14H10F4N2O4S. The fraction of sp³-hybridized carbons (Fsp3) is 0.0714. The molecule has 1 amide bonds. The van der Waals surface area contributed by atoms with Crippen LogP contribution in [0.3, 0.4) is 0 Å². The number of phenolic OH excluding ortho intramolecular Hbond substituents is 1. The van der Waals surface area contributed by atoms with Crippen LogP contribution in [-0.2, 0) is 16.2 Å². The highest BCUT2D eigenvalue weighted by atomic mass is 32.2. The molecule has 134 valence electrons. The van der Waals surface area contributed by atoms with E-state index in [1.165, 1.54) is 24.3 Å². The highest BCUT2D eigenvalue weighted by Gasteiger charge is 2.35. The smallest absolute Gasteiger partial charge is 0.419 e. The molecule has 0 atom stereocenters. The van der Waals surface area contributed by atoms with Crippen molar-refractivity contribution in [2.45, 2.75) is 11.1 Å². The first-order chi connectivity index (χ1) is 11.5. The molecule has 0 heterocycles. The van der Waals surface area contributed by atoms with E-state index in [1.807, 2.05) is 0 Å². The van der Waals surface area contributed by atoms with Crippen molar-refractivity contribution in [3.63, 3.8) is 0 Å². The van der Waals surface area contributed by atoms with Gasteiger partial charge >= 0.3 is 6.18 Å². The highest BCUT2D eigenvalue weighted by Crippen LogP contribution is 2.32. The number of sulfonamides is 1. The molecule has 0 saturated carbocycles. The summed E-state index contributed by atoms with van der Waals surface area (Å²) in [6.45, 7) is 0. The van der Waals surface area contributed by atoms with Crippen LogP contribution >= 0.6 is 0 Å². The molecule has 0 aromatic heterocycles. The summed E-state index contributed by atoms with van der Waals surface area (Å²) in [4.78, 5) is 12.5. The lowest BCUT2D eigenvalue weighted by Crippen LogP contribution is -2.41. The van der Waals surface area contributed by atoms with E-state index >= 15 is 0 Å². The molecule has 2 aromatic carbocycles. The first-order valence-corrected chi connectivity index (χ1v) is 7.97. The van der Waals surface area contributed by atoms with Gasteiger partial charge in [0.15, 0.2) is 0 Å². The third-order valence-corrected chi connectivity index (χ3v) is 4.25. The molecule has 11 heteroatoms. The van der Waals surface area contributed by atoms with Crippen LogP contribution in [0.4, 0.5) is 17.6 Å². The Hall–Kier alpha value is -2.66. The molecule has 6 nitrogen and oxygen atoms in total. The van der Waals surface area contributed by atoms with Crippen molar-refractivity contribution < 1.29 is 35.9 Å². The molecule has 0 aliphatic rings. The fourth-order valence-corrected chi connectivity index (χ4v) is 2.66. The minimum absolute atomic E-state index is 0.101.